The highest BCUT2D eigenvalue weighted by Crippen LogP contribution is 2.38. The Morgan fingerprint density at radius 3 is 2.65 bits per heavy atom. The van der Waals surface area contributed by atoms with Gasteiger partial charge in [0.25, 0.3) is 5.91 Å². The van der Waals surface area contributed by atoms with Crippen molar-refractivity contribution < 1.29 is 19.1 Å². The van der Waals surface area contributed by atoms with Crippen LogP contribution in [0.25, 0.3) is 0 Å². The number of hydrogen-bond donors (Lipinski definition) is 2. The van der Waals surface area contributed by atoms with Crippen LogP contribution in [0.4, 0.5) is 5.00 Å². The van der Waals surface area contributed by atoms with Gasteiger partial charge in [0.15, 0.2) is 0 Å². The Bertz CT molecular complexity index is 844. The average Bonchev–Trinajstić information content (AvgIpc) is 2.99. The summed E-state index contributed by atoms with van der Waals surface area (Å²) in [6.45, 7) is 0. The van der Waals surface area contributed by atoms with Gasteiger partial charge in [-0.3, -0.25) is 9.59 Å². The van der Waals surface area contributed by atoms with E-state index in [4.69, 9.17) is 15.2 Å². The zero-order valence-electron chi connectivity index (χ0n) is 14.9. The Morgan fingerprint density at radius 2 is 1.96 bits per heavy atom. The number of primary amides is 1. The fourth-order valence-electron chi connectivity index (χ4n) is 3.26. The fourth-order valence-corrected chi connectivity index (χ4v) is 4.57. The van der Waals surface area contributed by atoms with Crippen molar-refractivity contribution in [3.8, 4) is 11.5 Å². The first-order chi connectivity index (χ1) is 12.5. The predicted molar refractivity (Wildman–Crippen MR) is 101 cm³/mol. The molecule has 0 spiro atoms. The molecular weight excluding hydrogens is 352 g/mol. The van der Waals surface area contributed by atoms with E-state index in [1.807, 2.05) is 0 Å². The maximum absolute atomic E-state index is 12.5. The number of methoxy groups -OCH3 is 2. The summed E-state index contributed by atoms with van der Waals surface area (Å²) < 4.78 is 10.5. The first kappa shape index (κ1) is 18.3. The molecule has 0 fully saturated rings. The molecule has 0 unspecified atom stereocenters. The molecule has 0 saturated heterocycles. The number of nitrogens with two attached hydrogens (primary N) is 1. The average molecular weight is 374 g/mol. The number of nitrogens with one attached hydrogen (secondary N) is 1. The standard InChI is InChI=1S/C19H22N2O4S/c1-24-12-8-7-11(14(10-12)25-2)9-16(22)21-19-17(18(20)23)13-5-3-4-6-15(13)26-19/h7-8,10H,3-6,9H2,1-2H3,(H2,20,23)(H,21,22). The van der Waals surface area contributed by atoms with Crippen LogP contribution in [0, 0.1) is 0 Å². The molecule has 1 aromatic heterocycles. The van der Waals surface area contributed by atoms with Crippen molar-refractivity contribution in [3.63, 3.8) is 0 Å². The van der Waals surface area contributed by atoms with Crippen molar-refractivity contribution in [1.29, 1.82) is 0 Å². The number of carbonyl (C=O) groups is 2. The second kappa shape index (κ2) is 7.78. The molecule has 2 aromatic rings. The number of thiophene rings is 1. The van der Waals surface area contributed by atoms with Crippen molar-refractivity contribution >= 4 is 28.2 Å². The van der Waals surface area contributed by atoms with Crippen molar-refractivity contribution in [2.24, 2.45) is 5.73 Å². The molecule has 6 nitrogen and oxygen atoms in total. The third kappa shape index (κ3) is 3.67. The monoisotopic (exact) mass is 374 g/mol. The number of aryl methyl sites for hydroxylation is 1. The smallest absolute Gasteiger partial charge is 0.251 e. The Kier molecular flexibility index (Phi) is 5.46. The molecule has 138 valence electrons. The van der Waals surface area contributed by atoms with E-state index in [0.717, 1.165) is 41.7 Å². The van der Waals surface area contributed by atoms with Gasteiger partial charge in [0.1, 0.15) is 16.5 Å². The number of fused-ring (bicyclic) bond motifs is 1. The van der Waals surface area contributed by atoms with Gasteiger partial charge in [0.2, 0.25) is 5.91 Å². The molecule has 0 aliphatic heterocycles. The number of rotatable bonds is 6. The molecule has 1 aliphatic carbocycles. The molecule has 3 N–H and O–H groups in total. The van der Waals surface area contributed by atoms with Gasteiger partial charge in [-0.1, -0.05) is 6.07 Å². The highest BCUT2D eigenvalue weighted by Gasteiger charge is 2.25. The van der Waals surface area contributed by atoms with Gasteiger partial charge in [-0.05, 0) is 37.3 Å². The third-order valence-electron chi connectivity index (χ3n) is 4.52. The molecular formula is C19H22N2O4S. The van der Waals surface area contributed by atoms with Gasteiger partial charge in [-0.25, -0.2) is 0 Å². The van der Waals surface area contributed by atoms with Crippen molar-refractivity contribution in [1.82, 2.24) is 0 Å². The summed E-state index contributed by atoms with van der Waals surface area (Å²) in [5.74, 6) is 0.546. The number of benzene rings is 1. The Labute approximate surface area is 156 Å². The van der Waals surface area contributed by atoms with Crippen LogP contribution in [0.1, 0.15) is 39.2 Å². The zero-order chi connectivity index (χ0) is 18.7. The quantitative estimate of drug-likeness (QED) is 0.813. The molecule has 1 heterocycles. The second-order valence-electron chi connectivity index (χ2n) is 6.18. The minimum absolute atomic E-state index is 0.133. The van der Waals surface area contributed by atoms with Crippen LogP contribution in [0.3, 0.4) is 0 Å². The fraction of sp³-hybridized carbons (Fsp3) is 0.368. The lowest BCUT2D eigenvalue weighted by molar-refractivity contribution is -0.115. The van der Waals surface area contributed by atoms with Gasteiger partial charge >= 0.3 is 0 Å². The highest BCUT2D eigenvalue weighted by molar-refractivity contribution is 7.17. The normalized spacial score (nSPS) is 13.0. The first-order valence-corrected chi connectivity index (χ1v) is 9.30. The lowest BCUT2D eigenvalue weighted by atomic mass is 9.95. The highest BCUT2D eigenvalue weighted by atomic mass is 32.1. The van der Waals surface area contributed by atoms with Crippen LogP contribution in [0.5, 0.6) is 11.5 Å². The van der Waals surface area contributed by atoms with Gasteiger partial charge < -0.3 is 20.5 Å². The van der Waals surface area contributed by atoms with Gasteiger partial charge in [-0.15, -0.1) is 11.3 Å². The number of amides is 2. The second-order valence-corrected chi connectivity index (χ2v) is 7.29. The summed E-state index contributed by atoms with van der Waals surface area (Å²) in [4.78, 5) is 25.6. The lowest BCUT2D eigenvalue weighted by Crippen LogP contribution is -2.19. The molecule has 0 radical (unpaired) electrons. The molecule has 3 rings (SSSR count). The maximum atomic E-state index is 12.5. The summed E-state index contributed by atoms with van der Waals surface area (Å²) in [7, 11) is 3.12. The molecule has 0 saturated carbocycles. The van der Waals surface area contributed by atoms with Crippen LogP contribution < -0.4 is 20.5 Å². The summed E-state index contributed by atoms with van der Waals surface area (Å²) in [5.41, 5.74) is 7.79. The SMILES string of the molecule is COc1ccc(CC(=O)Nc2sc3c(c2C(N)=O)CCCC3)c(OC)c1. The molecule has 7 heteroatoms. The van der Waals surface area contributed by atoms with Crippen LogP contribution in [0.15, 0.2) is 18.2 Å². The summed E-state index contributed by atoms with van der Waals surface area (Å²) in [5, 5.41) is 3.43. The molecule has 0 bridgehead atoms. The lowest BCUT2D eigenvalue weighted by Gasteiger charge is -2.11. The largest absolute Gasteiger partial charge is 0.497 e. The van der Waals surface area contributed by atoms with Crippen LogP contribution in [-0.4, -0.2) is 26.0 Å². The van der Waals surface area contributed by atoms with Gasteiger partial charge in [-0.2, -0.15) is 0 Å². The molecule has 1 aliphatic rings. The molecule has 2 amide bonds. The van der Waals surface area contributed by atoms with E-state index in [1.165, 1.54) is 11.3 Å². The van der Waals surface area contributed by atoms with Crippen LogP contribution in [-0.2, 0) is 24.1 Å². The Balaban J connectivity index is 1.81. The van der Waals surface area contributed by atoms with E-state index in [1.54, 1.807) is 32.4 Å². The topological polar surface area (TPSA) is 90.6 Å². The van der Waals surface area contributed by atoms with Gasteiger partial charge in [0.05, 0.1) is 26.2 Å². The molecule has 1 aromatic carbocycles. The molecule has 0 atom stereocenters. The van der Waals surface area contributed by atoms with Crippen molar-refractivity contribution in [2.45, 2.75) is 32.1 Å². The Morgan fingerprint density at radius 1 is 1.19 bits per heavy atom. The Hall–Kier alpha value is -2.54. The van der Waals surface area contributed by atoms with E-state index in [0.29, 0.717) is 22.1 Å². The van der Waals surface area contributed by atoms with Crippen LogP contribution >= 0.6 is 11.3 Å². The zero-order valence-corrected chi connectivity index (χ0v) is 15.7. The third-order valence-corrected chi connectivity index (χ3v) is 5.72. The van der Waals surface area contributed by atoms with E-state index in [-0.39, 0.29) is 12.3 Å². The molecule has 26 heavy (non-hydrogen) atoms. The van der Waals surface area contributed by atoms with E-state index < -0.39 is 5.91 Å². The number of hydrogen-bond acceptors (Lipinski definition) is 5. The summed E-state index contributed by atoms with van der Waals surface area (Å²) in [6.07, 6.45) is 4.05. The number of ether oxygens (including phenoxy) is 2. The van der Waals surface area contributed by atoms with E-state index >= 15 is 0 Å². The number of carbonyl (C=O) groups excluding carboxylic acids is 2. The predicted octanol–water partition coefficient (Wildman–Crippen LogP) is 2.92. The van der Waals surface area contributed by atoms with E-state index in [2.05, 4.69) is 5.32 Å². The first-order valence-electron chi connectivity index (χ1n) is 8.48. The summed E-state index contributed by atoms with van der Waals surface area (Å²) >= 11 is 1.46. The van der Waals surface area contributed by atoms with Gasteiger partial charge in [0, 0.05) is 16.5 Å². The minimum Gasteiger partial charge on any atom is -0.497 e. The number of anilines is 1. The van der Waals surface area contributed by atoms with E-state index in [9.17, 15) is 9.59 Å². The van der Waals surface area contributed by atoms with Crippen molar-refractivity contribution in [2.75, 3.05) is 19.5 Å². The summed E-state index contributed by atoms with van der Waals surface area (Å²) in [6, 6.07) is 5.32. The van der Waals surface area contributed by atoms with Crippen molar-refractivity contribution in [3.05, 3.63) is 39.8 Å². The minimum atomic E-state index is -0.485. The maximum Gasteiger partial charge on any atom is 0.251 e. The van der Waals surface area contributed by atoms with Crippen LogP contribution in [0.2, 0.25) is 0 Å².